The van der Waals surface area contributed by atoms with Crippen molar-refractivity contribution in [2.24, 2.45) is 0 Å². The van der Waals surface area contributed by atoms with E-state index in [-0.39, 0.29) is 25.5 Å². The second kappa shape index (κ2) is 10.1. The number of benzene rings is 3. The minimum absolute atomic E-state index is 0.0452. The van der Waals surface area contributed by atoms with Crippen molar-refractivity contribution in [1.82, 2.24) is 4.90 Å². The SMILES string of the molecule is CN(C)C(=O)C(CC[N@+]1([O-])CC[C@](O)(c2ccc(Cl)cc2)CC1)(c1ccccc1)c1ccccc1. The lowest BCUT2D eigenvalue weighted by Gasteiger charge is -2.51. The van der Waals surface area contributed by atoms with Crippen LogP contribution in [0.5, 0.6) is 0 Å². The number of hydrogen-bond acceptors (Lipinski definition) is 3. The van der Waals surface area contributed by atoms with Gasteiger partial charge in [0.1, 0.15) is 11.0 Å². The predicted octanol–water partition coefficient (Wildman–Crippen LogP) is 5.10. The van der Waals surface area contributed by atoms with Crippen LogP contribution in [0.4, 0.5) is 0 Å². The molecule has 0 spiro atoms. The van der Waals surface area contributed by atoms with Crippen LogP contribution in [0.1, 0.15) is 36.0 Å². The Balaban J connectivity index is 1.62. The van der Waals surface area contributed by atoms with Gasteiger partial charge in [-0.1, -0.05) is 84.4 Å². The maximum atomic E-state index is 13.9. The van der Waals surface area contributed by atoms with Crippen molar-refractivity contribution >= 4 is 17.5 Å². The summed E-state index contributed by atoms with van der Waals surface area (Å²) >= 11 is 6.01. The molecular weight excluding hydrogens is 460 g/mol. The van der Waals surface area contributed by atoms with Crippen molar-refractivity contribution in [3.63, 3.8) is 0 Å². The number of quaternary nitrogens is 1. The molecule has 35 heavy (non-hydrogen) atoms. The van der Waals surface area contributed by atoms with E-state index >= 15 is 0 Å². The smallest absolute Gasteiger partial charge is 0.237 e. The Bertz CT molecular complexity index is 1090. The summed E-state index contributed by atoms with van der Waals surface area (Å²) in [5.41, 5.74) is 0.550. The first kappa shape index (κ1) is 25.4. The topological polar surface area (TPSA) is 63.6 Å². The van der Waals surface area contributed by atoms with E-state index in [1.54, 1.807) is 31.1 Å². The summed E-state index contributed by atoms with van der Waals surface area (Å²) in [6.45, 7) is 0.851. The average Bonchev–Trinajstić information content (AvgIpc) is 2.88. The summed E-state index contributed by atoms with van der Waals surface area (Å²) in [6.07, 6.45) is 1.10. The second-order valence-corrected chi connectivity index (χ2v) is 10.3. The van der Waals surface area contributed by atoms with Crippen molar-refractivity contribution in [2.75, 3.05) is 33.7 Å². The van der Waals surface area contributed by atoms with Crippen LogP contribution in [0.2, 0.25) is 5.02 Å². The Morgan fingerprint density at radius 3 is 1.89 bits per heavy atom. The Hall–Kier alpha value is -2.70. The molecule has 5 nitrogen and oxygen atoms in total. The molecule has 0 atom stereocenters. The van der Waals surface area contributed by atoms with E-state index in [1.807, 2.05) is 72.8 Å². The summed E-state index contributed by atoms with van der Waals surface area (Å²) in [5.74, 6) is -0.0452. The molecule has 3 aromatic rings. The normalized spacial score (nSPS) is 22.5. The molecule has 1 amide bonds. The van der Waals surface area contributed by atoms with Gasteiger partial charge in [0, 0.05) is 38.4 Å². The van der Waals surface area contributed by atoms with Crippen LogP contribution in [-0.2, 0) is 15.8 Å². The van der Waals surface area contributed by atoms with E-state index in [0.717, 1.165) is 16.7 Å². The number of carbonyl (C=O) groups is 1. The monoisotopic (exact) mass is 492 g/mol. The third kappa shape index (κ3) is 5.14. The van der Waals surface area contributed by atoms with Gasteiger partial charge in [0.25, 0.3) is 0 Å². The number of likely N-dealkylation sites (N-methyl/N-ethyl adjacent to an activating group) is 1. The highest BCUT2D eigenvalue weighted by Crippen LogP contribution is 2.41. The lowest BCUT2D eigenvalue weighted by Crippen LogP contribution is -2.55. The quantitative estimate of drug-likeness (QED) is 0.368. The van der Waals surface area contributed by atoms with Gasteiger partial charge in [0.15, 0.2) is 0 Å². The molecule has 0 radical (unpaired) electrons. The second-order valence-electron chi connectivity index (χ2n) is 9.85. The van der Waals surface area contributed by atoms with Crippen LogP contribution in [0, 0.1) is 5.21 Å². The first-order chi connectivity index (χ1) is 16.7. The molecule has 1 aliphatic heterocycles. The van der Waals surface area contributed by atoms with Gasteiger partial charge in [0.05, 0.1) is 19.6 Å². The number of hydrogen-bond donors (Lipinski definition) is 1. The zero-order valence-electron chi connectivity index (χ0n) is 20.4. The number of nitrogens with zero attached hydrogens (tertiary/aromatic N) is 2. The van der Waals surface area contributed by atoms with Gasteiger partial charge >= 0.3 is 0 Å². The maximum absolute atomic E-state index is 13.9. The van der Waals surface area contributed by atoms with Crippen LogP contribution >= 0.6 is 11.6 Å². The minimum Gasteiger partial charge on any atom is -0.633 e. The minimum atomic E-state index is -1.04. The average molecular weight is 493 g/mol. The van der Waals surface area contributed by atoms with Gasteiger partial charge in [-0.15, -0.1) is 0 Å². The summed E-state index contributed by atoms with van der Waals surface area (Å²) in [6, 6.07) is 26.7. The van der Waals surface area contributed by atoms with Gasteiger partial charge in [-0.25, -0.2) is 0 Å². The first-order valence-electron chi connectivity index (χ1n) is 12.1. The molecule has 4 rings (SSSR count). The summed E-state index contributed by atoms with van der Waals surface area (Å²) in [5, 5.41) is 25.8. The largest absolute Gasteiger partial charge is 0.633 e. The van der Waals surface area contributed by atoms with Crippen molar-refractivity contribution in [2.45, 2.75) is 30.3 Å². The molecule has 1 aliphatic rings. The summed E-state index contributed by atoms with van der Waals surface area (Å²) in [7, 11) is 3.52. The van der Waals surface area contributed by atoms with Crippen LogP contribution in [0.15, 0.2) is 84.9 Å². The fourth-order valence-electron chi connectivity index (χ4n) is 5.29. The molecule has 0 aromatic heterocycles. The Kier molecular flexibility index (Phi) is 7.34. The lowest BCUT2D eigenvalue weighted by atomic mass is 9.70. The van der Waals surface area contributed by atoms with E-state index in [9.17, 15) is 15.1 Å². The molecule has 0 saturated carbocycles. The molecule has 6 heteroatoms. The molecule has 0 bridgehead atoms. The third-order valence-electron chi connectivity index (χ3n) is 7.45. The molecular formula is C29H33ClN2O3. The number of aliphatic hydroxyl groups is 1. The van der Waals surface area contributed by atoms with Crippen LogP contribution < -0.4 is 0 Å². The standard InChI is InChI=1S/C29H33ClN2O3/c1-31(2)27(33)29(24-9-5-3-6-10-24,25-11-7-4-8-12-25)19-22-32(35)20-17-28(34,18-21-32)23-13-15-26(30)16-14-23/h3-16,34H,17-22H2,1-2H3/t28-,32+. The maximum Gasteiger partial charge on any atom is 0.237 e. The Morgan fingerprint density at radius 2 is 1.43 bits per heavy atom. The Labute approximate surface area is 212 Å². The number of piperidine rings is 1. The van der Waals surface area contributed by atoms with Gasteiger partial charge < -0.3 is 19.9 Å². The Morgan fingerprint density at radius 1 is 0.943 bits per heavy atom. The van der Waals surface area contributed by atoms with Gasteiger partial charge in [-0.05, 0) is 28.8 Å². The van der Waals surface area contributed by atoms with E-state index in [2.05, 4.69) is 0 Å². The predicted molar refractivity (Wildman–Crippen MR) is 140 cm³/mol. The highest BCUT2D eigenvalue weighted by molar-refractivity contribution is 6.30. The number of carbonyl (C=O) groups excluding carboxylic acids is 1. The van der Waals surface area contributed by atoms with Crippen LogP contribution in [0.25, 0.3) is 0 Å². The van der Waals surface area contributed by atoms with E-state index in [0.29, 0.717) is 24.3 Å². The first-order valence-corrected chi connectivity index (χ1v) is 12.4. The van der Waals surface area contributed by atoms with Gasteiger partial charge in [0.2, 0.25) is 5.91 Å². The van der Waals surface area contributed by atoms with E-state index in [4.69, 9.17) is 11.6 Å². The molecule has 1 fully saturated rings. The number of rotatable bonds is 7. The summed E-state index contributed by atoms with van der Waals surface area (Å²) < 4.78 is -0.433. The molecule has 1 saturated heterocycles. The highest BCUT2D eigenvalue weighted by Gasteiger charge is 2.46. The molecule has 3 aromatic carbocycles. The third-order valence-corrected chi connectivity index (χ3v) is 7.70. The molecule has 1 heterocycles. The number of likely N-dealkylation sites (tertiary alicyclic amines) is 1. The molecule has 184 valence electrons. The van der Waals surface area contributed by atoms with Gasteiger partial charge in [-0.3, -0.25) is 4.79 Å². The molecule has 0 unspecified atom stereocenters. The number of amides is 1. The van der Waals surface area contributed by atoms with Crippen molar-refractivity contribution < 1.29 is 14.5 Å². The van der Waals surface area contributed by atoms with Crippen LogP contribution in [-0.4, -0.2) is 54.3 Å². The summed E-state index contributed by atoms with van der Waals surface area (Å²) in [4.78, 5) is 15.4. The van der Waals surface area contributed by atoms with Crippen molar-refractivity contribution in [3.05, 3.63) is 112 Å². The van der Waals surface area contributed by atoms with Crippen molar-refractivity contribution in [1.29, 1.82) is 0 Å². The number of hydroxylamine groups is 3. The number of halogens is 1. The highest BCUT2D eigenvalue weighted by atomic mass is 35.5. The lowest BCUT2D eigenvalue weighted by molar-refractivity contribution is -0.889. The van der Waals surface area contributed by atoms with Crippen LogP contribution in [0.3, 0.4) is 0 Å². The fraction of sp³-hybridized carbons (Fsp3) is 0.345. The molecule has 0 aliphatic carbocycles. The van der Waals surface area contributed by atoms with E-state index in [1.165, 1.54) is 0 Å². The molecule has 1 N–H and O–H groups in total. The zero-order chi connectivity index (χ0) is 25.1. The van der Waals surface area contributed by atoms with Gasteiger partial charge in [-0.2, -0.15) is 0 Å². The van der Waals surface area contributed by atoms with E-state index < -0.39 is 15.7 Å². The fourth-order valence-corrected chi connectivity index (χ4v) is 5.42. The van der Waals surface area contributed by atoms with Crippen molar-refractivity contribution in [3.8, 4) is 0 Å². The zero-order valence-corrected chi connectivity index (χ0v) is 21.1.